The molecular formula is C7H14O3S. The summed E-state index contributed by atoms with van der Waals surface area (Å²) in [6.07, 6.45) is 1.48. The first-order valence-electron chi connectivity index (χ1n) is 3.53. The molecule has 0 rings (SSSR count). The quantitative estimate of drug-likeness (QED) is 0.435. The van der Waals surface area contributed by atoms with Crippen LogP contribution < -0.4 is 0 Å². The number of ether oxygens (including phenoxy) is 1. The van der Waals surface area contributed by atoms with E-state index in [4.69, 9.17) is 4.74 Å². The van der Waals surface area contributed by atoms with Crippen molar-refractivity contribution >= 4 is 17.1 Å². The second-order valence-corrected chi connectivity index (χ2v) is 4.19. The number of hydrogen-bond donors (Lipinski definition) is 0. The molecule has 66 valence electrons. The van der Waals surface area contributed by atoms with Gasteiger partial charge in [-0.3, -0.25) is 4.21 Å². The number of carbonyl (C=O) groups is 1. The van der Waals surface area contributed by atoms with Crippen LogP contribution in [0.15, 0.2) is 0 Å². The summed E-state index contributed by atoms with van der Waals surface area (Å²) in [4.78, 5) is 10.2. The van der Waals surface area contributed by atoms with E-state index < -0.39 is 10.8 Å². The van der Waals surface area contributed by atoms with Crippen molar-refractivity contribution in [2.24, 2.45) is 0 Å². The zero-order valence-corrected chi connectivity index (χ0v) is 7.73. The molecule has 0 aliphatic heterocycles. The Kier molecular flexibility index (Phi) is 6.36. The molecular weight excluding hydrogens is 164 g/mol. The minimum absolute atomic E-state index is 0.341. The molecule has 0 aliphatic rings. The Morgan fingerprint density at radius 3 is 2.73 bits per heavy atom. The zero-order chi connectivity index (χ0) is 8.69. The van der Waals surface area contributed by atoms with Gasteiger partial charge in [0.1, 0.15) is 6.29 Å². The van der Waals surface area contributed by atoms with Crippen LogP contribution in [0.25, 0.3) is 0 Å². The molecule has 0 saturated carbocycles. The molecule has 0 fully saturated rings. The zero-order valence-electron chi connectivity index (χ0n) is 6.91. The van der Waals surface area contributed by atoms with Crippen LogP contribution in [0.1, 0.15) is 13.3 Å². The molecule has 11 heavy (non-hydrogen) atoms. The summed E-state index contributed by atoms with van der Waals surface area (Å²) >= 11 is 0. The lowest BCUT2D eigenvalue weighted by Gasteiger charge is -2.02. The van der Waals surface area contributed by atoms with Crippen LogP contribution in [0.4, 0.5) is 0 Å². The fraction of sp³-hybridized carbons (Fsp3) is 0.857. The second-order valence-electron chi connectivity index (χ2n) is 2.27. The molecule has 0 aromatic heterocycles. The van der Waals surface area contributed by atoms with E-state index in [1.807, 2.05) is 0 Å². The summed E-state index contributed by atoms with van der Waals surface area (Å²) < 4.78 is 15.9. The van der Waals surface area contributed by atoms with E-state index in [0.717, 1.165) is 12.7 Å². The van der Waals surface area contributed by atoms with Crippen molar-refractivity contribution in [3.05, 3.63) is 0 Å². The minimum atomic E-state index is -1.01. The fourth-order valence-corrected chi connectivity index (χ4v) is 1.49. The first kappa shape index (κ1) is 10.8. The van der Waals surface area contributed by atoms with Gasteiger partial charge in [0.2, 0.25) is 0 Å². The van der Waals surface area contributed by atoms with E-state index >= 15 is 0 Å². The van der Waals surface area contributed by atoms with Crippen LogP contribution in [0.3, 0.4) is 0 Å². The molecule has 0 saturated heterocycles. The van der Waals surface area contributed by atoms with Gasteiger partial charge in [0.25, 0.3) is 0 Å². The summed E-state index contributed by atoms with van der Waals surface area (Å²) in [5, 5.41) is -0.341. The molecule has 0 aromatic rings. The van der Waals surface area contributed by atoms with Crippen LogP contribution in [-0.4, -0.2) is 35.2 Å². The average Bonchev–Trinajstić information content (AvgIpc) is 2.03. The molecule has 0 heterocycles. The molecule has 3 nitrogen and oxygen atoms in total. The Bertz CT molecular complexity index is 136. The van der Waals surface area contributed by atoms with Crippen molar-refractivity contribution in [2.75, 3.05) is 19.5 Å². The molecule has 0 radical (unpaired) electrons. The second kappa shape index (κ2) is 6.49. The van der Waals surface area contributed by atoms with Crippen LogP contribution in [0.2, 0.25) is 0 Å². The third-order valence-electron chi connectivity index (χ3n) is 1.30. The van der Waals surface area contributed by atoms with E-state index in [9.17, 15) is 9.00 Å². The maximum atomic E-state index is 11.1. The maximum Gasteiger partial charge on any atom is 0.135 e. The lowest BCUT2D eigenvalue weighted by atomic mass is 10.5. The lowest BCUT2D eigenvalue weighted by Crippen LogP contribution is -2.15. The number of carbonyl (C=O) groups excluding carboxylic acids is 1. The van der Waals surface area contributed by atoms with Crippen molar-refractivity contribution in [1.82, 2.24) is 0 Å². The smallest absolute Gasteiger partial charge is 0.135 e. The van der Waals surface area contributed by atoms with E-state index in [1.165, 1.54) is 0 Å². The van der Waals surface area contributed by atoms with Gasteiger partial charge in [-0.2, -0.15) is 0 Å². The standard InChI is InChI=1S/C7H14O3S/c1-7(6-8)11(9)5-3-4-10-2/h6-7H,3-5H2,1-2H3. The number of aldehydes is 1. The van der Waals surface area contributed by atoms with Gasteiger partial charge in [0, 0.05) is 30.3 Å². The molecule has 0 spiro atoms. The van der Waals surface area contributed by atoms with Crippen molar-refractivity contribution < 1.29 is 13.7 Å². The third-order valence-corrected chi connectivity index (χ3v) is 2.93. The summed E-state index contributed by atoms with van der Waals surface area (Å²) in [7, 11) is 0.589. The van der Waals surface area contributed by atoms with Crippen molar-refractivity contribution in [3.8, 4) is 0 Å². The topological polar surface area (TPSA) is 43.4 Å². The Balaban J connectivity index is 3.44. The van der Waals surface area contributed by atoms with Crippen molar-refractivity contribution in [3.63, 3.8) is 0 Å². The number of rotatable bonds is 6. The largest absolute Gasteiger partial charge is 0.385 e. The Hall–Kier alpha value is -0.220. The summed E-state index contributed by atoms with van der Waals surface area (Å²) in [6, 6.07) is 0. The molecule has 0 aliphatic carbocycles. The normalized spacial score (nSPS) is 15.8. The fourth-order valence-electron chi connectivity index (χ4n) is 0.593. The number of hydrogen-bond acceptors (Lipinski definition) is 3. The highest BCUT2D eigenvalue weighted by molar-refractivity contribution is 7.86. The Labute approximate surface area is 69.6 Å². The first-order valence-corrected chi connectivity index (χ1v) is 4.92. The van der Waals surface area contributed by atoms with Gasteiger partial charge in [-0.05, 0) is 13.3 Å². The number of methoxy groups -OCH3 is 1. The van der Waals surface area contributed by atoms with E-state index in [1.54, 1.807) is 14.0 Å². The first-order chi connectivity index (χ1) is 5.22. The maximum absolute atomic E-state index is 11.1. The van der Waals surface area contributed by atoms with Gasteiger partial charge < -0.3 is 9.53 Å². The summed E-state index contributed by atoms with van der Waals surface area (Å²) in [5.41, 5.74) is 0. The molecule has 0 N–H and O–H groups in total. The van der Waals surface area contributed by atoms with Crippen LogP contribution in [0, 0.1) is 0 Å². The minimum Gasteiger partial charge on any atom is -0.385 e. The van der Waals surface area contributed by atoms with Crippen molar-refractivity contribution in [2.45, 2.75) is 18.6 Å². The SMILES string of the molecule is COCCCS(=O)C(C)C=O. The molecule has 2 atom stereocenters. The monoisotopic (exact) mass is 178 g/mol. The van der Waals surface area contributed by atoms with E-state index in [2.05, 4.69) is 0 Å². The average molecular weight is 178 g/mol. The highest BCUT2D eigenvalue weighted by atomic mass is 32.2. The van der Waals surface area contributed by atoms with Crippen molar-refractivity contribution in [1.29, 1.82) is 0 Å². The molecule has 0 bridgehead atoms. The molecule has 2 unspecified atom stereocenters. The lowest BCUT2D eigenvalue weighted by molar-refractivity contribution is -0.107. The van der Waals surface area contributed by atoms with Gasteiger partial charge >= 0.3 is 0 Å². The van der Waals surface area contributed by atoms with Gasteiger partial charge in [-0.1, -0.05) is 0 Å². The molecule has 0 aromatic carbocycles. The summed E-state index contributed by atoms with van der Waals surface area (Å²) in [6.45, 7) is 2.27. The van der Waals surface area contributed by atoms with Crippen LogP contribution in [0.5, 0.6) is 0 Å². The van der Waals surface area contributed by atoms with Gasteiger partial charge in [0.15, 0.2) is 0 Å². The van der Waals surface area contributed by atoms with Gasteiger partial charge in [0.05, 0.1) is 5.25 Å². The Morgan fingerprint density at radius 1 is 1.64 bits per heavy atom. The highest BCUT2D eigenvalue weighted by Gasteiger charge is 2.07. The molecule has 0 amide bonds. The predicted octanol–water partition coefficient (Wildman–Crippen LogP) is 0.359. The van der Waals surface area contributed by atoms with Gasteiger partial charge in [-0.15, -0.1) is 0 Å². The van der Waals surface area contributed by atoms with E-state index in [0.29, 0.717) is 12.4 Å². The highest BCUT2D eigenvalue weighted by Crippen LogP contribution is 1.94. The summed E-state index contributed by atoms with van der Waals surface area (Å²) in [5.74, 6) is 0.549. The third kappa shape index (κ3) is 5.09. The van der Waals surface area contributed by atoms with Crippen LogP contribution >= 0.6 is 0 Å². The van der Waals surface area contributed by atoms with E-state index in [-0.39, 0.29) is 5.25 Å². The Morgan fingerprint density at radius 2 is 2.27 bits per heavy atom. The predicted molar refractivity (Wildman–Crippen MR) is 45.0 cm³/mol. The van der Waals surface area contributed by atoms with Gasteiger partial charge in [-0.25, -0.2) is 0 Å². The molecule has 4 heteroatoms. The van der Waals surface area contributed by atoms with Crippen LogP contribution in [-0.2, 0) is 20.3 Å².